The molecule has 0 saturated carbocycles. The molecule has 0 bridgehead atoms. The molecule has 15 nitrogen and oxygen atoms in total. The normalized spacial score (nSPS) is 13.7. The van der Waals surface area contributed by atoms with Crippen LogP contribution in [-0.4, -0.2) is 102 Å². The van der Waals surface area contributed by atoms with Crippen molar-refractivity contribution >= 4 is 61.3 Å². The molecule has 3 amide bonds. The van der Waals surface area contributed by atoms with Crippen LogP contribution in [0.25, 0.3) is 10.8 Å². The molecule has 2 heterocycles. The molecular weight excluding hydrogens is 773 g/mol. The summed E-state index contributed by atoms with van der Waals surface area (Å²) in [5.74, 6) is 1.79. The molecule has 312 valence electrons. The van der Waals surface area contributed by atoms with Gasteiger partial charge in [0.25, 0.3) is 5.91 Å². The molecule has 6 rings (SSSR count). The van der Waals surface area contributed by atoms with Gasteiger partial charge in [-0.1, -0.05) is 45.0 Å². The minimum Gasteiger partial charge on any atom is -0.496 e. The van der Waals surface area contributed by atoms with Crippen LogP contribution in [-0.2, 0) is 15.4 Å². The standard InChI is InChI=1S/C43H52N8O7S/c1-43(2,3)28-24-34(48-59(7,54)55)40(57-6)36(25-28)51(42(44)53)35-14-15-37(32-11-9-8-10-31(32)35)58-30-16-17-45-39(27-30)47-29-12-13-33(38(26-29)56-5)41(52)46-18-19-50-22-20-49(4)21-23-50/h8-17,24-27,48H,18-23H2,1-7H3,(H2,44,53)(H,45,47)(H,46,52). The Hall–Kier alpha value is -6.10. The highest BCUT2D eigenvalue weighted by atomic mass is 32.2. The van der Waals surface area contributed by atoms with Crippen LogP contribution in [0.15, 0.2) is 85.1 Å². The number of rotatable bonds is 14. The summed E-state index contributed by atoms with van der Waals surface area (Å²) in [5, 5.41) is 7.59. The van der Waals surface area contributed by atoms with Crippen LogP contribution >= 0.6 is 0 Å². The quantitative estimate of drug-likeness (QED) is 0.0942. The third-order valence-electron chi connectivity index (χ3n) is 9.99. The number of methoxy groups -OCH3 is 2. The number of aromatic nitrogens is 1. The number of sulfonamides is 1. The Morgan fingerprint density at radius 1 is 0.881 bits per heavy atom. The zero-order valence-corrected chi connectivity index (χ0v) is 35.3. The molecule has 0 atom stereocenters. The first-order valence-corrected chi connectivity index (χ1v) is 21.0. The third kappa shape index (κ3) is 10.3. The molecule has 1 saturated heterocycles. The van der Waals surface area contributed by atoms with Crippen LogP contribution in [0.4, 0.5) is 33.4 Å². The zero-order valence-electron chi connectivity index (χ0n) is 34.5. The lowest BCUT2D eigenvalue weighted by atomic mass is 9.86. The summed E-state index contributed by atoms with van der Waals surface area (Å²) < 4.78 is 45.1. The highest BCUT2D eigenvalue weighted by Crippen LogP contribution is 2.46. The van der Waals surface area contributed by atoms with Crippen LogP contribution < -0.4 is 40.2 Å². The summed E-state index contributed by atoms with van der Waals surface area (Å²) in [7, 11) is 1.32. The van der Waals surface area contributed by atoms with Gasteiger partial charge in [-0.3, -0.25) is 19.3 Å². The first-order chi connectivity index (χ1) is 28.0. The monoisotopic (exact) mass is 824 g/mol. The van der Waals surface area contributed by atoms with Gasteiger partial charge in [0.1, 0.15) is 23.1 Å². The van der Waals surface area contributed by atoms with Crippen LogP contribution in [0, 0.1) is 0 Å². The number of hydrogen-bond acceptors (Lipinski definition) is 11. The van der Waals surface area contributed by atoms with E-state index in [1.807, 2.05) is 45.0 Å². The number of fused-ring (bicyclic) bond motifs is 1. The average Bonchev–Trinajstić information content (AvgIpc) is 3.18. The van der Waals surface area contributed by atoms with Gasteiger partial charge in [-0.2, -0.15) is 0 Å². The van der Waals surface area contributed by atoms with E-state index in [-0.39, 0.29) is 23.0 Å². The van der Waals surface area contributed by atoms with Crippen molar-refractivity contribution in [3.05, 3.63) is 96.2 Å². The molecule has 1 aliphatic rings. The number of nitrogens with one attached hydrogen (secondary N) is 3. The van der Waals surface area contributed by atoms with Crippen molar-refractivity contribution in [1.82, 2.24) is 20.1 Å². The topological polar surface area (TPSA) is 181 Å². The average molecular weight is 825 g/mol. The lowest BCUT2D eigenvalue weighted by Gasteiger charge is -2.32. The summed E-state index contributed by atoms with van der Waals surface area (Å²) in [4.78, 5) is 36.9. The molecular formula is C43H52N8O7S. The van der Waals surface area contributed by atoms with Gasteiger partial charge in [0, 0.05) is 74.1 Å². The zero-order chi connectivity index (χ0) is 42.5. The summed E-state index contributed by atoms with van der Waals surface area (Å²) >= 11 is 0. The number of ether oxygens (including phenoxy) is 3. The maximum atomic E-state index is 13.4. The second-order valence-electron chi connectivity index (χ2n) is 15.4. The van der Waals surface area contributed by atoms with Crippen molar-refractivity contribution in [3.63, 3.8) is 0 Å². The van der Waals surface area contributed by atoms with E-state index in [0.29, 0.717) is 57.3 Å². The lowest BCUT2D eigenvalue weighted by molar-refractivity contribution is 0.0938. The number of urea groups is 1. The van der Waals surface area contributed by atoms with E-state index in [2.05, 4.69) is 37.2 Å². The predicted octanol–water partition coefficient (Wildman–Crippen LogP) is 6.65. The van der Waals surface area contributed by atoms with Gasteiger partial charge in [-0.25, -0.2) is 18.2 Å². The number of anilines is 5. The number of benzene rings is 4. The van der Waals surface area contributed by atoms with Crippen LogP contribution in [0.2, 0.25) is 0 Å². The second-order valence-corrected chi connectivity index (χ2v) is 17.2. The first-order valence-electron chi connectivity index (χ1n) is 19.1. The van der Waals surface area contributed by atoms with Gasteiger partial charge < -0.3 is 35.5 Å². The summed E-state index contributed by atoms with van der Waals surface area (Å²) in [6.45, 7) is 11.2. The van der Waals surface area contributed by atoms with Crippen molar-refractivity contribution in [2.75, 3.05) is 81.7 Å². The number of nitrogens with two attached hydrogens (primary N) is 1. The second kappa shape index (κ2) is 17.8. The molecule has 59 heavy (non-hydrogen) atoms. The number of pyridine rings is 1. The molecule has 5 N–H and O–H groups in total. The van der Waals surface area contributed by atoms with Gasteiger partial charge in [0.05, 0.1) is 43.1 Å². The van der Waals surface area contributed by atoms with E-state index < -0.39 is 21.5 Å². The van der Waals surface area contributed by atoms with Crippen molar-refractivity contribution in [1.29, 1.82) is 0 Å². The van der Waals surface area contributed by atoms with Crippen molar-refractivity contribution in [3.8, 4) is 23.0 Å². The third-order valence-corrected chi connectivity index (χ3v) is 10.6. The Kier molecular flexibility index (Phi) is 12.8. The Morgan fingerprint density at radius 2 is 1.61 bits per heavy atom. The van der Waals surface area contributed by atoms with Crippen molar-refractivity contribution in [2.24, 2.45) is 5.73 Å². The fraction of sp³-hybridized carbons (Fsp3) is 0.326. The summed E-state index contributed by atoms with van der Waals surface area (Å²) in [5.41, 5.74) is 8.34. The number of primary amides is 1. The van der Waals surface area contributed by atoms with Gasteiger partial charge in [0.2, 0.25) is 10.0 Å². The smallest absolute Gasteiger partial charge is 0.324 e. The van der Waals surface area contributed by atoms with Crippen molar-refractivity contribution in [2.45, 2.75) is 26.2 Å². The van der Waals surface area contributed by atoms with E-state index in [4.69, 9.17) is 19.9 Å². The Labute approximate surface area is 345 Å². The predicted molar refractivity (Wildman–Crippen MR) is 233 cm³/mol. The van der Waals surface area contributed by atoms with Crippen LogP contribution in [0.5, 0.6) is 23.0 Å². The van der Waals surface area contributed by atoms with Gasteiger partial charge in [-0.15, -0.1) is 0 Å². The van der Waals surface area contributed by atoms with Gasteiger partial charge >= 0.3 is 6.03 Å². The first kappa shape index (κ1) is 42.5. The molecule has 0 radical (unpaired) electrons. The number of hydrogen-bond donors (Lipinski definition) is 4. The number of carbonyl (C=O) groups is 2. The molecule has 4 aromatic carbocycles. The van der Waals surface area contributed by atoms with E-state index in [1.54, 1.807) is 60.8 Å². The molecule has 1 aliphatic heterocycles. The largest absolute Gasteiger partial charge is 0.496 e. The SMILES string of the molecule is COc1cc(Nc2cc(Oc3ccc(N(C(N)=O)c4cc(C(C)(C)C)cc(NS(C)(=O)=O)c4OC)c4ccccc34)ccn2)ccc1C(=O)NCCN1CCN(C)CC1. The highest BCUT2D eigenvalue weighted by molar-refractivity contribution is 7.92. The van der Waals surface area contributed by atoms with Gasteiger partial charge in [-0.05, 0) is 60.5 Å². The molecule has 5 aromatic rings. The highest BCUT2D eigenvalue weighted by Gasteiger charge is 2.28. The minimum absolute atomic E-state index is 0.121. The molecule has 0 unspecified atom stereocenters. The van der Waals surface area contributed by atoms with Crippen LogP contribution in [0.1, 0.15) is 36.7 Å². The molecule has 0 aliphatic carbocycles. The fourth-order valence-electron chi connectivity index (χ4n) is 6.88. The molecule has 0 spiro atoms. The Balaban J connectivity index is 1.25. The lowest BCUT2D eigenvalue weighted by Crippen LogP contribution is -2.46. The summed E-state index contributed by atoms with van der Waals surface area (Å²) in [6.07, 6.45) is 2.66. The Bertz CT molecular complexity index is 2450. The Morgan fingerprint density at radius 3 is 2.27 bits per heavy atom. The van der Waals surface area contributed by atoms with Crippen molar-refractivity contribution < 1.29 is 32.2 Å². The van der Waals surface area contributed by atoms with E-state index in [9.17, 15) is 18.0 Å². The number of nitrogens with zero attached hydrogens (tertiary/aromatic N) is 4. The minimum atomic E-state index is -3.72. The van der Waals surface area contributed by atoms with E-state index >= 15 is 0 Å². The molecule has 16 heteroatoms. The number of carbonyl (C=O) groups excluding carboxylic acids is 2. The molecule has 1 aromatic heterocycles. The maximum Gasteiger partial charge on any atom is 0.324 e. The fourth-order valence-corrected chi connectivity index (χ4v) is 7.43. The number of amides is 3. The molecule has 1 fully saturated rings. The van der Waals surface area contributed by atoms with E-state index in [0.717, 1.165) is 44.5 Å². The van der Waals surface area contributed by atoms with Crippen LogP contribution in [0.3, 0.4) is 0 Å². The summed E-state index contributed by atoms with van der Waals surface area (Å²) in [6, 6.07) is 22.2. The van der Waals surface area contributed by atoms with E-state index in [1.165, 1.54) is 19.1 Å². The maximum absolute atomic E-state index is 13.4. The number of likely N-dealkylation sites (N-methyl/N-ethyl adjacent to an activating group) is 1. The van der Waals surface area contributed by atoms with Gasteiger partial charge in [0.15, 0.2) is 5.75 Å². The number of piperazine rings is 1.